The maximum absolute atomic E-state index is 11.7. The van der Waals surface area contributed by atoms with Crippen molar-refractivity contribution in [2.45, 2.75) is 19.4 Å². The van der Waals surface area contributed by atoms with E-state index in [4.69, 9.17) is 4.74 Å². The molecule has 2 N–H and O–H groups in total. The lowest BCUT2D eigenvalue weighted by molar-refractivity contribution is -0.127. The molecule has 0 aromatic heterocycles. The molecule has 1 rings (SSSR count). The van der Waals surface area contributed by atoms with E-state index in [1.54, 1.807) is 21.2 Å². The van der Waals surface area contributed by atoms with Crippen LogP contribution in [0.5, 0.6) is 0 Å². The summed E-state index contributed by atoms with van der Waals surface area (Å²) in [4.78, 5) is 17.6. The number of guanidine groups is 1. The van der Waals surface area contributed by atoms with Gasteiger partial charge in [-0.15, -0.1) is 24.0 Å². The molecule has 136 valence electrons. The van der Waals surface area contributed by atoms with Gasteiger partial charge >= 0.3 is 0 Å². The molecule has 0 heterocycles. The van der Waals surface area contributed by atoms with Crippen LogP contribution in [0.3, 0.4) is 0 Å². The largest absolute Gasteiger partial charge is 0.383 e. The van der Waals surface area contributed by atoms with E-state index in [9.17, 15) is 4.79 Å². The Balaban J connectivity index is 0.00000529. The van der Waals surface area contributed by atoms with Crippen LogP contribution in [0, 0.1) is 0 Å². The molecule has 0 fully saturated rings. The predicted molar refractivity (Wildman–Crippen MR) is 109 cm³/mol. The molecule has 1 aromatic rings. The van der Waals surface area contributed by atoms with Crippen molar-refractivity contribution in [1.29, 1.82) is 0 Å². The monoisotopic (exact) mass is 448 g/mol. The van der Waals surface area contributed by atoms with Gasteiger partial charge in [-0.3, -0.25) is 4.79 Å². The van der Waals surface area contributed by atoms with Crippen molar-refractivity contribution >= 4 is 35.8 Å². The lowest BCUT2D eigenvalue weighted by Gasteiger charge is -2.18. The predicted octanol–water partition coefficient (Wildman–Crippen LogP) is 1.51. The molecule has 1 unspecified atom stereocenters. The Bertz CT molecular complexity index is 495. The minimum Gasteiger partial charge on any atom is -0.383 e. The average molecular weight is 448 g/mol. The highest BCUT2D eigenvalue weighted by Crippen LogP contribution is 1.98. The second-order valence-electron chi connectivity index (χ2n) is 5.62. The van der Waals surface area contributed by atoms with Crippen molar-refractivity contribution in [2.24, 2.45) is 4.99 Å². The number of ether oxygens (including phenoxy) is 1. The summed E-state index contributed by atoms with van der Waals surface area (Å²) < 4.78 is 5.12. The molecule has 0 aliphatic carbocycles. The maximum Gasteiger partial charge on any atom is 0.243 e. The van der Waals surface area contributed by atoms with Crippen LogP contribution in [-0.2, 0) is 16.0 Å². The summed E-state index contributed by atoms with van der Waals surface area (Å²) in [5, 5.41) is 6.51. The second kappa shape index (κ2) is 13.0. The number of halogens is 1. The Morgan fingerprint density at radius 2 is 1.96 bits per heavy atom. The van der Waals surface area contributed by atoms with Crippen molar-refractivity contribution in [1.82, 2.24) is 15.5 Å². The number of carbonyl (C=O) groups is 1. The number of aliphatic imine (C=N–C) groups is 1. The molecule has 1 amide bonds. The van der Waals surface area contributed by atoms with E-state index < -0.39 is 0 Å². The molecule has 1 aromatic carbocycles. The summed E-state index contributed by atoms with van der Waals surface area (Å²) >= 11 is 0. The van der Waals surface area contributed by atoms with Crippen LogP contribution in [0.1, 0.15) is 12.5 Å². The van der Waals surface area contributed by atoms with E-state index >= 15 is 0 Å². The quantitative estimate of drug-likeness (QED) is 0.360. The minimum atomic E-state index is -0.0337. The Morgan fingerprint density at radius 1 is 1.29 bits per heavy atom. The maximum atomic E-state index is 11.7. The van der Waals surface area contributed by atoms with E-state index in [2.05, 4.69) is 27.8 Å². The molecular weight excluding hydrogens is 419 g/mol. The number of benzene rings is 1. The lowest BCUT2D eigenvalue weighted by Crippen LogP contribution is -2.45. The van der Waals surface area contributed by atoms with Crippen LogP contribution >= 0.6 is 24.0 Å². The van der Waals surface area contributed by atoms with Gasteiger partial charge < -0.3 is 20.3 Å². The molecule has 0 saturated carbocycles. The Morgan fingerprint density at radius 3 is 2.54 bits per heavy atom. The summed E-state index contributed by atoms with van der Waals surface area (Å²) in [5.74, 6) is 0.592. The molecule has 7 heteroatoms. The van der Waals surface area contributed by atoms with Crippen LogP contribution in [0.4, 0.5) is 0 Å². The highest BCUT2D eigenvalue weighted by Gasteiger charge is 2.07. The van der Waals surface area contributed by atoms with Crippen LogP contribution < -0.4 is 10.6 Å². The molecule has 0 spiro atoms. The third-order valence-corrected chi connectivity index (χ3v) is 3.22. The van der Waals surface area contributed by atoms with Crippen LogP contribution in [0.15, 0.2) is 35.3 Å². The molecule has 0 bridgehead atoms. The summed E-state index contributed by atoms with van der Waals surface area (Å²) in [7, 11) is 5.11. The first kappa shape index (κ1) is 22.6. The Labute approximate surface area is 162 Å². The molecule has 0 saturated heterocycles. The lowest BCUT2D eigenvalue weighted by atomic mass is 10.1. The number of hydrogen-bond donors (Lipinski definition) is 2. The summed E-state index contributed by atoms with van der Waals surface area (Å²) in [6, 6.07) is 10.4. The number of hydrogen-bond acceptors (Lipinski definition) is 3. The standard InChI is InChI=1S/C17H28N4O2.HI/c1-14(13-23-4)20-17(19-12-16(22)21(2)3)18-11-10-15-8-6-5-7-9-15;/h5-9,14H,10-13H2,1-4H3,(H2,18,19,20);1H. The molecule has 1 atom stereocenters. The van der Waals surface area contributed by atoms with Crippen LogP contribution in [0.25, 0.3) is 0 Å². The molecule has 0 radical (unpaired) electrons. The molecule has 0 aliphatic rings. The van der Waals surface area contributed by atoms with Gasteiger partial charge in [-0.05, 0) is 18.9 Å². The first-order valence-electron chi connectivity index (χ1n) is 7.80. The smallest absolute Gasteiger partial charge is 0.243 e. The molecular formula is C17H29IN4O2. The fourth-order valence-electron chi connectivity index (χ4n) is 1.94. The van der Waals surface area contributed by atoms with E-state index in [0.717, 1.165) is 13.0 Å². The van der Waals surface area contributed by atoms with Crippen molar-refractivity contribution in [2.75, 3.05) is 40.9 Å². The topological polar surface area (TPSA) is 66.0 Å². The number of nitrogens with one attached hydrogen (secondary N) is 2. The normalized spacial score (nSPS) is 12.1. The summed E-state index contributed by atoms with van der Waals surface area (Å²) in [6.07, 6.45) is 0.891. The van der Waals surface area contributed by atoms with Gasteiger partial charge in [-0.1, -0.05) is 30.3 Å². The van der Waals surface area contributed by atoms with Crippen LogP contribution in [-0.4, -0.2) is 63.7 Å². The van der Waals surface area contributed by atoms with Gasteiger partial charge in [0.25, 0.3) is 0 Å². The number of carbonyl (C=O) groups excluding carboxylic acids is 1. The highest BCUT2D eigenvalue weighted by molar-refractivity contribution is 14.0. The van der Waals surface area contributed by atoms with Crippen LogP contribution in [0.2, 0.25) is 0 Å². The van der Waals surface area contributed by atoms with Gasteiger partial charge in [-0.25, -0.2) is 4.99 Å². The minimum absolute atomic E-state index is 0. The molecule has 24 heavy (non-hydrogen) atoms. The van der Waals surface area contributed by atoms with Gasteiger partial charge in [0.15, 0.2) is 5.96 Å². The zero-order chi connectivity index (χ0) is 17.1. The van der Waals surface area contributed by atoms with E-state index in [1.165, 1.54) is 10.5 Å². The fourth-order valence-corrected chi connectivity index (χ4v) is 1.94. The number of nitrogens with zero attached hydrogens (tertiary/aromatic N) is 2. The highest BCUT2D eigenvalue weighted by atomic mass is 127. The Kier molecular flexibility index (Phi) is 12.3. The van der Waals surface area contributed by atoms with Gasteiger partial charge in [0.1, 0.15) is 6.54 Å². The van der Waals surface area contributed by atoms with Gasteiger partial charge in [0.05, 0.1) is 6.61 Å². The first-order valence-corrected chi connectivity index (χ1v) is 7.80. The first-order chi connectivity index (χ1) is 11.0. The number of likely N-dealkylation sites (N-methyl/N-ethyl adjacent to an activating group) is 1. The molecule has 0 aliphatic heterocycles. The average Bonchev–Trinajstić information content (AvgIpc) is 2.53. The van der Waals surface area contributed by atoms with Crippen molar-refractivity contribution in [3.05, 3.63) is 35.9 Å². The number of methoxy groups -OCH3 is 1. The van der Waals surface area contributed by atoms with E-state index in [-0.39, 0.29) is 42.5 Å². The molecule has 6 nitrogen and oxygen atoms in total. The fraction of sp³-hybridized carbons (Fsp3) is 0.529. The summed E-state index contributed by atoms with van der Waals surface area (Å²) in [6.45, 7) is 3.44. The third kappa shape index (κ3) is 9.71. The zero-order valence-electron chi connectivity index (χ0n) is 14.9. The summed E-state index contributed by atoms with van der Waals surface area (Å²) in [5.41, 5.74) is 1.26. The van der Waals surface area contributed by atoms with Gasteiger partial charge in [-0.2, -0.15) is 0 Å². The number of rotatable bonds is 8. The Hall–Kier alpha value is -1.35. The number of amides is 1. The zero-order valence-corrected chi connectivity index (χ0v) is 17.2. The van der Waals surface area contributed by atoms with Gasteiger partial charge in [0, 0.05) is 33.8 Å². The van der Waals surface area contributed by atoms with E-state index in [0.29, 0.717) is 12.6 Å². The second-order valence-corrected chi connectivity index (χ2v) is 5.62. The van der Waals surface area contributed by atoms with Gasteiger partial charge in [0.2, 0.25) is 5.91 Å². The van der Waals surface area contributed by atoms with Crippen molar-refractivity contribution in [3.8, 4) is 0 Å². The van der Waals surface area contributed by atoms with Crippen molar-refractivity contribution < 1.29 is 9.53 Å². The SMILES string of the molecule is COCC(C)NC(=NCC(=O)N(C)C)NCCc1ccccc1.I. The third-order valence-electron chi connectivity index (χ3n) is 3.22. The van der Waals surface area contributed by atoms with E-state index in [1.807, 2.05) is 25.1 Å². The van der Waals surface area contributed by atoms with Crippen molar-refractivity contribution in [3.63, 3.8) is 0 Å².